The van der Waals surface area contributed by atoms with Crippen LogP contribution in [0.25, 0.3) is 11.1 Å². The highest BCUT2D eigenvalue weighted by Crippen LogP contribution is 2.26. The molecule has 0 atom stereocenters. The number of hydrogen-bond acceptors (Lipinski definition) is 4. The van der Waals surface area contributed by atoms with Gasteiger partial charge in [0.05, 0.1) is 13.2 Å². The molecule has 0 aliphatic heterocycles. The fourth-order valence-electron chi connectivity index (χ4n) is 3.26. The van der Waals surface area contributed by atoms with E-state index in [4.69, 9.17) is 9.73 Å². The number of aliphatic imine (C=N–C) groups is 1. The molecule has 1 aliphatic rings. The van der Waals surface area contributed by atoms with Crippen molar-refractivity contribution in [3.63, 3.8) is 0 Å². The summed E-state index contributed by atoms with van der Waals surface area (Å²) in [5, 5.41) is 3.37. The SMILES string of the molecule is CNC1CCC(N=Cc2cc(-c3ccncc3)ccc2OC)CC1. The predicted molar refractivity (Wildman–Crippen MR) is 98.9 cm³/mol. The van der Waals surface area contributed by atoms with Crippen LogP contribution in [0.4, 0.5) is 0 Å². The minimum absolute atomic E-state index is 0.420. The maximum absolute atomic E-state index is 5.50. The van der Waals surface area contributed by atoms with Crippen molar-refractivity contribution in [2.45, 2.75) is 37.8 Å². The normalized spacial score (nSPS) is 21.1. The molecular formula is C20H25N3O. The van der Waals surface area contributed by atoms with Gasteiger partial charge in [-0.05, 0) is 68.1 Å². The average molecular weight is 323 g/mol. The van der Waals surface area contributed by atoms with E-state index in [0.717, 1.165) is 35.3 Å². The third-order valence-corrected chi connectivity index (χ3v) is 4.77. The lowest BCUT2D eigenvalue weighted by atomic mass is 9.91. The lowest BCUT2D eigenvalue weighted by Gasteiger charge is -2.25. The predicted octanol–water partition coefficient (Wildman–Crippen LogP) is 3.71. The zero-order valence-electron chi connectivity index (χ0n) is 14.4. The first kappa shape index (κ1) is 16.7. The van der Waals surface area contributed by atoms with Gasteiger partial charge in [0.15, 0.2) is 0 Å². The first-order valence-corrected chi connectivity index (χ1v) is 8.59. The Morgan fingerprint density at radius 2 is 1.83 bits per heavy atom. The third kappa shape index (κ3) is 4.01. The van der Waals surface area contributed by atoms with Gasteiger partial charge in [0.2, 0.25) is 0 Å². The largest absolute Gasteiger partial charge is 0.496 e. The Hall–Kier alpha value is -2.20. The van der Waals surface area contributed by atoms with Gasteiger partial charge in [0.1, 0.15) is 5.75 Å². The first-order chi connectivity index (χ1) is 11.8. The molecule has 0 spiro atoms. The van der Waals surface area contributed by atoms with Gasteiger partial charge in [-0.3, -0.25) is 9.98 Å². The molecule has 0 saturated heterocycles. The van der Waals surface area contributed by atoms with Crippen LogP contribution in [0.2, 0.25) is 0 Å². The van der Waals surface area contributed by atoms with Crippen LogP contribution in [-0.4, -0.2) is 37.4 Å². The molecule has 1 saturated carbocycles. The summed E-state index contributed by atoms with van der Waals surface area (Å²) in [6, 6.07) is 11.3. The fraction of sp³-hybridized carbons (Fsp3) is 0.400. The van der Waals surface area contributed by atoms with Crippen LogP contribution in [0, 0.1) is 0 Å². The minimum Gasteiger partial charge on any atom is -0.496 e. The van der Waals surface area contributed by atoms with Gasteiger partial charge in [-0.1, -0.05) is 6.07 Å². The molecule has 4 heteroatoms. The highest BCUT2D eigenvalue weighted by Gasteiger charge is 2.18. The average Bonchev–Trinajstić information content (AvgIpc) is 2.67. The Bertz CT molecular complexity index is 677. The summed E-state index contributed by atoms with van der Waals surface area (Å²) in [5.41, 5.74) is 3.33. The van der Waals surface area contributed by atoms with Gasteiger partial charge < -0.3 is 10.1 Å². The minimum atomic E-state index is 0.420. The van der Waals surface area contributed by atoms with Gasteiger partial charge in [-0.2, -0.15) is 0 Å². The topological polar surface area (TPSA) is 46.5 Å². The first-order valence-electron chi connectivity index (χ1n) is 8.59. The molecule has 3 rings (SSSR count). The number of methoxy groups -OCH3 is 1. The Balaban J connectivity index is 1.78. The van der Waals surface area contributed by atoms with Crippen LogP contribution in [0.3, 0.4) is 0 Å². The van der Waals surface area contributed by atoms with E-state index < -0.39 is 0 Å². The van der Waals surface area contributed by atoms with E-state index in [1.165, 1.54) is 12.8 Å². The molecule has 0 unspecified atom stereocenters. The Kier molecular flexibility index (Phi) is 5.59. The molecule has 4 nitrogen and oxygen atoms in total. The second kappa shape index (κ2) is 8.06. The number of rotatable bonds is 5. The second-order valence-electron chi connectivity index (χ2n) is 6.26. The van der Waals surface area contributed by atoms with Gasteiger partial charge >= 0.3 is 0 Å². The Labute approximate surface area is 144 Å². The van der Waals surface area contributed by atoms with Crippen LogP contribution in [0.15, 0.2) is 47.7 Å². The van der Waals surface area contributed by atoms with Crippen molar-refractivity contribution in [3.8, 4) is 16.9 Å². The summed E-state index contributed by atoms with van der Waals surface area (Å²) in [6.45, 7) is 0. The Morgan fingerprint density at radius 1 is 1.08 bits per heavy atom. The number of aromatic nitrogens is 1. The van der Waals surface area contributed by atoms with Crippen LogP contribution in [0.1, 0.15) is 31.2 Å². The van der Waals surface area contributed by atoms with Crippen LogP contribution < -0.4 is 10.1 Å². The van der Waals surface area contributed by atoms with E-state index in [0.29, 0.717) is 12.1 Å². The van der Waals surface area contributed by atoms with Crippen molar-refractivity contribution in [1.29, 1.82) is 0 Å². The molecule has 126 valence electrons. The van der Waals surface area contributed by atoms with Crippen molar-refractivity contribution < 1.29 is 4.74 Å². The van der Waals surface area contributed by atoms with E-state index in [2.05, 4.69) is 22.4 Å². The van der Waals surface area contributed by atoms with Gasteiger partial charge in [-0.15, -0.1) is 0 Å². The van der Waals surface area contributed by atoms with Crippen LogP contribution >= 0.6 is 0 Å². The lowest BCUT2D eigenvalue weighted by molar-refractivity contribution is 0.360. The molecule has 1 heterocycles. The van der Waals surface area contributed by atoms with Crippen molar-refractivity contribution >= 4 is 6.21 Å². The smallest absolute Gasteiger partial charge is 0.127 e. The number of benzene rings is 1. The van der Waals surface area contributed by atoms with E-state index in [1.54, 1.807) is 7.11 Å². The quantitative estimate of drug-likeness (QED) is 0.853. The van der Waals surface area contributed by atoms with Gasteiger partial charge in [0.25, 0.3) is 0 Å². The van der Waals surface area contributed by atoms with E-state index >= 15 is 0 Å². The maximum Gasteiger partial charge on any atom is 0.127 e. The highest BCUT2D eigenvalue weighted by molar-refractivity contribution is 5.86. The van der Waals surface area contributed by atoms with E-state index in [-0.39, 0.29) is 0 Å². The summed E-state index contributed by atoms with van der Waals surface area (Å²) in [5.74, 6) is 0.862. The summed E-state index contributed by atoms with van der Waals surface area (Å²) in [6.07, 6.45) is 10.3. The highest BCUT2D eigenvalue weighted by atomic mass is 16.5. The second-order valence-corrected chi connectivity index (χ2v) is 6.26. The maximum atomic E-state index is 5.50. The zero-order valence-corrected chi connectivity index (χ0v) is 14.4. The number of nitrogens with zero attached hydrogens (tertiary/aromatic N) is 2. The van der Waals surface area contributed by atoms with Gasteiger partial charge in [0, 0.05) is 30.2 Å². The van der Waals surface area contributed by atoms with Crippen molar-refractivity contribution in [2.24, 2.45) is 4.99 Å². The third-order valence-electron chi connectivity index (χ3n) is 4.77. The molecule has 1 aromatic heterocycles. The fourth-order valence-corrected chi connectivity index (χ4v) is 3.26. The molecule has 24 heavy (non-hydrogen) atoms. The van der Waals surface area contributed by atoms with Crippen molar-refractivity contribution in [1.82, 2.24) is 10.3 Å². The zero-order chi connectivity index (χ0) is 16.8. The summed E-state index contributed by atoms with van der Waals surface area (Å²) < 4.78 is 5.50. The van der Waals surface area contributed by atoms with Crippen LogP contribution in [0.5, 0.6) is 5.75 Å². The molecule has 0 amide bonds. The monoisotopic (exact) mass is 323 g/mol. The molecule has 0 radical (unpaired) electrons. The van der Waals surface area contributed by atoms with Crippen LogP contribution in [-0.2, 0) is 0 Å². The van der Waals surface area contributed by atoms with E-state index in [9.17, 15) is 0 Å². The molecule has 0 bridgehead atoms. The summed E-state index contributed by atoms with van der Waals surface area (Å²) in [4.78, 5) is 8.90. The molecule has 2 aromatic rings. The summed E-state index contributed by atoms with van der Waals surface area (Å²) in [7, 11) is 3.75. The van der Waals surface area contributed by atoms with Crippen molar-refractivity contribution in [3.05, 3.63) is 48.3 Å². The van der Waals surface area contributed by atoms with E-state index in [1.807, 2.05) is 43.9 Å². The Morgan fingerprint density at radius 3 is 2.50 bits per heavy atom. The standard InChI is InChI=1S/C20H25N3O/c1-21-18-4-6-19(7-5-18)23-14-17-13-16(3-8-20(17)24-2)15-9-11-22-12-10-15/h3,8-14,18-19,21H,4-7H2,1-2H3. The molecular weight excluding hydrogens is 298 g/mol. The lowest BCUT2D eigenvalue weighted by Crippen LogP contribution is -2.31. The number of nitrogens with one attached hydrogen (secondary N) is 1. The summed E-state index contributed by atoms with van der Waals surface area (Å²) >= 11 is 0. The number of ether oxygens (including phenoxy) is 1. The molecule has 1 aliphatic carbocycles. The molecule has 1 fully saturated rings. The number of pyridine rings is 1. The number of hydrogen-bond donors (Lipinski definition) is 1. The van der Waals surface area contributed by atoms with Gasteiger partial charge in [-0.25, -0.2) is 0 Å². The molecule has 1 aromatic carbocycles. The molecule has 1 N–H and O–H groups in total. The van der Waals surface area contributed by atoms with Crippen molar-refractivity contribution in [2.75, 3.05) is 14.2 Å².